The number of nitrogens with one attached hydrogen (secondary N) is 2. The lowest BCUT2D eigenvalue weighted by atomic mass is 10.1. The summed E-state index contributed by atoms with van der Waals surface area (Å²) in [6, 6.07) is 30.0. The van der Waals surface area contributed by atoms with Crippen molar-refractivity contribution in [2.24, 2.45) is 0 Å². The van der Waals surface area contributed by atoms with E-state index in [2.05, 4.69) is 26.6 Å². The maximum absolute atomic E-state index is 13.3. The van der Waals surface area contributed by atoms with Crippen molar-refractivity contribution in [2.45, 2.75) is 26.6 Å². The number of ether oxygens (including phenoxy) is 2. The van der Waals surface area contributed by atoms with E-state index in [0.717, 1.165) is 16.7 Å². The van der Waals surface area contributed by atoms with Crippen LogP contribution in [0.5, 0.6) is 11.5 Å². The molecule has 0 unspecified atom stereocenters. The van der Waals surface area contributed by atoms with E-state index >= 15 is 0 Å². The predicted octanol–water partition coefficient (Wildman–Crippen LogP) is 7.10. The van der Waals surface area contributed by atoms with Crippen molar-refractivity contribution < 1.29 is 19.1 Å². The van der Waals surface area contributed by atoms with Gasteiger partial charge in [0.1, 0.15) is 12.2 Å². The zero-order valence-corrected chi connectivity index (χ0v) is 24.9. The summed E-state index contributed by atoms with van der Waals surface area (Å²) in [5, 5.41) is 6.37. The van der Waals surface area contributed by atoms with E-state index < -0.39 is 11.8 Å². The van der Waals surface area contributed by atoms with Crippen molar-refractivity contribution in [1.82, 2.24) is 10.6 Å². The van der Waals surface area contributed by atoms with Crippen molar-refractivity contribution in [3.8, 4) is 11.5 Å². The summed E-state index contributed by atoms with van der Waals surface area (Å²) < 4.78 is 12.6. The normalized spacial score (nSPS) is 10.4. The number of hydrogen-bond donors (Lipinski definition) is 2. The standard InChI is InChI=1S/C33H30BrClN2O4/c1-2-40-30-19-26(18-29(34)31(30)41-22-25-13-15-27(35)16-14-25)17-28(32(38)36-20-23-9-5-3-6-10-23)33(39)37-21-24-11-7-4-8-12-24/h3-19H,2,20-22H2,1H3,(H,36,38)(H,37,39). The lowest BCUT2D eigenvalue weighted by Gasteiger charge is -2.15. The summed E-state index contributed by atoms with van der Waals surface area (Å²) in [5.41, 5.74) is 3.36. The topological polar surface area (TPSA) is 76.7 Å². The van der Waals surface area contributed by atoms with Crippen LogP contribution < -0.4 is 20.1 Å². The summed E-state index contributed by atoms with van der Waals surface area (Å²) in [6.45, 7) is 3.15. The van der Waals surface area contributed by atoms with Crippen molar-refractivity contribution in [2.75, 3.05) is 6.61 Å². The summed E-state index contributed by atoms with van der Waals surface area (Å²) in [6.07, 6.45) is 1.55. The van der Waals surface area contributed by atoms with Crippen molar-refractivity contribution in [3.05, 3.63) is 134 Å². The van der Waals surface area contributed by atoms with Gasteiger partial charge < -0.3 is 20.1 Å². The van der Waals surface area contributed by atoms with Gasteiger partial charge in [0.2, 0.25) is 0 Å². The third-order valence-corrected chi connectivity index (χ3v) is 6.86. The third kappa shape index (κ3) is 8.96. The molecule has 0 saturated heterocycles. The highest BCUT2D eigenvalue weighted by molar-refractivity contribution is 9.10. The van der Waals surface area contributed by atoms with Crippen LogP contribution in [0, 0.1) is 0 Å². The van der Waals surface area contributed by atoms with Gasteiger partial charge in [-0.15, -0.1) is 0 Å². The van der Waals surface area contributed by atoms with Crippen LogP contribution in [0.1, 0.15) is 29.2 Å². The van der Waals surface area contributed by atoms with Crippen LogP contribution in [0.2, 0.25) is 5.02 Å². The smallest absolute Gasteiger partial charge is 0.257 e. The first kappa shape index (κ1) is 29.9. The Kier molecular flexibility index (Phi) is 11.0. The van der Waals surface area contributed by atoms with Gasteiger partial charge >= 0.3 is 0 Å². The molecule has 41 heavy (non-hydrogen) atoms. The second-order valence-corrected chi connectivity index (χ2v) is 10.4. The summed E-state index contributed by atoms with van der Waals surface area (Å²) in [4.78, 5) is 26.6. The van der Waals surface area contributed by atoms with E-state index in [9.17, 15) is 9.59 Å². The fraction of sp³-hybridized carbons (Fsp3) is 0.152. The summed E-state index contributed by atoms with van der Waals surface area (Å²) in [7, 11) is 0. The molecular formula is C33H30BrClN2O4. The molecular weight excluding hydrogens is 604 g/mol. The van der Waals surface area contributed by atoms with Crippen LogP contribution in [-0.4, -0.2) is 18.4 Å². The number of halogens is 2. The Bertz CT molecular complexity index is 1440. The van der Waals surface area contributed by atoms with Gasteiger partial charge in [0.15, 0.2) is 11.5 Å². The second-order valence-electron chi connectivity index (χ2n) is 9.07. The molecule has 4 aromatic carbocycles. The van der Waals surface area contributed by atoms with Crippen LogP contribution in [0.25, 0.3) is 6.08 Å². The molecule has 0 saturated carbocycles. The average Bonchev–Trinajstić information content (AvgIpc) is 2.99. The molecule has 2 N–H and O–H groups in total. The Morgan fingerprint density at radius 3 is 1.88 bits per heavy atom. The minimum Gasteiger partial charge on any atom is -0.490 e. The molecule has 0 aliphatic carbocycles. The van der Waals surface area contributed by atoms with E-state index in [1.165, 1.54) is 0 Å². The van der Waals surface area contributed by atoms with Gasteiger partial charge in [-0.2, -0.15) is 0 Å². The Labute approximate surface area is 253 Å². The van der Waals surface area contributed by atoms with E-state index in [1.807, 2.05) is 79.7 Å². The van der Waals surface area contributed by atoms with Crippen molar-refractivity contribution in [1.29, 1.82) is 0 Å². The number of benzene rings is 4. The lowest BCUT2D eigenvalue weighted by molar-refractivity contribution is -0.123. The van der Waals surface area contributed by atoms with Crippen LogP contribution >= 0.6 is 27.5 Å². The highest BCUT2D eigenvalue weighted by Gasteiger charge is 2.20. The first-order valence-electron chi connectivity index (χ1n) is 13.1. The fourth-order valence-electron chi connectivity index (χ4n) is 3.96. The van der Waals surface area contributed by atoms with Crippen LogP contribution in [0.3, 0.4) is 0 Å². The molecule has 0 aliphatic rings. The highest BCUT2D eigenvalue weighted by atomic mass is 79.9. The minimum atomic E-state index is -0.489. The van der Waals surface area contributed by atoms with E-state index in [4.69, 9.17) is 21.1 Å². The van der Waals surface area contributed by atoms with Gasteiger partial charge in [-0.25, -0.2) is 0 Å². The van der Waals surface area contributed by atoms with E-state index in [0.29, 0.717) is 39.8 Å². The fourth-order valence-corrected chi connectivity index (χ4v) is 4.66. The molecule has 8 heteroatoms. The number of hydrogen-bond acceptors (Lipinski definition) is 4. The van der Waals surface area contributed by atoms with Crippen LogP contribution in [0.4, 0.5) is 0 Å². The molecule has 0 spiro atoms. The Morgan fingerprint density at radius 2 is 1.34 bits per heavy atom. The van der Waals surface area contributed by atoms with Crippen LogP contribution in [0.15, 0.2) is 107 Å². The third-order valence-electron chi connectivity index (χ3n) is 6.02. The molecule has 4 rings (SSSR count). The number of amides is 2. The molecule has 0 radical (unpaired) electrons. The maximum Gasteiger partial charge on any atom is 0.257 e. The number of carbonyl (C=O) groups is 2. The minimum absolute atomic E-state index is 0.0268. The molecule has 6 nitrogen and oxygen atoms in total. The van der Waals surface area contributed by atoms with Gasteiger partial charge in [-0.1, -0.05) is 84.4 Å². The van der Waals surface area contributed by atoms with E-state index in [1.54, 1.807) is 30.3 Å². The molecule has 0 fully saturated rings. The second kappa shape index (κ2) is 15.1. The zero-order chi connectivity index (χ0) is 29.0. The van der Waals surface area contributed by atoms with Crippen LogP contribution in [-0.2, 0) is 29.3 Å². The predicted molar refractivity (Wildman–Crippen MR) is 166 cm³/mol. The van der Waals surface area contributed by atoms with Gasteiger partial charge in [-0.05, 0) is 75.4 Å². The maximum atomic E-state index is 13.3. The average molecular weight is 634 g/mol. The molecule has 2 amide bonds. The lowest BCUT2D eigenvalue weighted by Crippen LogP contribution is -2.34. The molecule has 0 aliphatic heterocycles. The van der Waals surface area contributed by atoms with Gasteiger partial charge in [0.05, 0.1) is 11.1 Å². The molecule has 210 valence electrons. The van der Waals surface area contributed by atoms with E-state index in [-0.39, 0.29) is 18.7 Å². The van der Waals surface area contributed by atoms with Gasteiger partial charge in [0.25, 0.3) is 11.8 Å². The Hall–Kier alpha value is -4.07. The van der Waals surface area contributed by atoms with Crippen molar-refractivity contribution >= 4 is 45.4 Å². The zero-order valence-electron chi connectivity index (χ0n) is 22.5. The molecule has 0 heterocycles. The Balaban J connectivity index is 1.59. The largest absolute Gasteiger partial charge is 0.490 e. The Morgan fingerprint density at radius 1 is 0.780 bits per heavy atom. The molecule has 0 bridgehead atoms. The molecule has 0 aromatic heterocycles. The van der Waals surface area contributed by atoms with Gasteiger partial charge in [-0.3, -0.25) is 9.59 Å². The van der Waals surface area contributed by atoms with Crippen molar-refractivity contribution in [3.63, 3.8) is 0 Å². The first-order valence-corrected chi connectivity index (χ1v) is 14.3. The SMILES string of the molecule is CCOc1cc(C=C(C(=O)NCc2ccccc2)C(=O)NCc2ccccc2)cc(Br)c1OCc1ccc(Cl)cc1. The molecule has 4 aromatic rings. The van der Waals surface area contributed by atoms with Gasteiger partial charge in [0, 0.05) is 18.1 Å². The number of rotatable bonds is 12. The summed E-state index contributed by atoms with van der Waals surface area (Å²) in [5.74, 6) is 0.0199. The quantitative estimate of drug-likeness (QED) is 0.0992. The monoisotopic (exact) mass is 632 g/mol. The first-order chi connectivity index (χ1) is 19.9. The number of carbonyl (C=O) groups excluding carboxylic acids is 2. The summed E-state index contributed by atoms with van der Waals surface area (Å²) >= 11 is 9.58. The molecule has 0 atom stereocenters. The highest BCUT2D eigenvalue weighted by Crippen LogP contribution is 2.38.